The number of hydrogen-bond acceptors (Lipinski definition) is 3. The third kappa shape index (κ3) is 2.64. The lowest BCUT2D eigenvalue weighted by molar-refractivity contribution is 0.165. The van der Waals surface area contributed by atoms with Gasteiger partial charge in [-0.15, -0.1) is 0 Å². The number of H-pyrrole nitrogens is 1. The van der Waals surface area contributed by atoms with Gasteiger partial charge in [0.05, 0.1) is 11.0 Å². The van der Waals surface area contributed by atoms with Crippen LogP contribution in [-0.2, 0) is 0 Å². The molecule has 0 spiro atoms. The minimum Gasteiger partial charge on any atom is -0.396 e. The summed E-state index contributed by atoms with van der Waals surface area (Å²) in [6.07, 6.45) is 0. The number of aliphatic hydroxyl groups excluding tert-OH is 1. The van der Waals surface area contributed by atoms with Crippen molar-refractivity contribution in [1.82, 2.24) is 9.97 Å². The van der Waals surface area contributed by atoms with Crippen LogP contribution in [0.5, 0.6) is 0 Å². The Morgan fingerprint density at radius 3 is 2.78 bits per heavy atom. The number of aryl methyl sites for hydroxylation is 1. The molecule has 4 nitrogen and oxygen atoms in total. The van der Waals surface area contributed by atoms with Crippen LogP contribution in [0.3, 0.4) is 0 Å². The Morgan fingerprint density at radius 1 is 1.39 bits per heavy atom. The molecule has 1 heterocycles. The number of aromatic amines is 1. The first kappa shape index (κ1) is 12.9. The van der Waals surface area contributed by atoms with Gasteiger partial charge in [0.25, 0.3) is 0 Å². The van der Waals surface area contributed by atoms with Crippen LogP contribution in [0, 0.1) is 12.3 Å². The van der Waals surface area contributed by atoms with E-state index in [9.17, 15) is 5.11 Å². The molecule has 2 aromatic rings. The lowest BCUT2D eigenvalue weighted by Crippen LogP contribution is -2.33. The van der Waals surface area contributed by atoms with E-state index in [4.69, 9.17) is 0 Å². The normalized spacial score (nSPS) is 12.1. The maximum Gasteiger partial charge on any atom is 0.104 e. The summed E-state index contributed by atoms with van der Waals surface area (Å²) in [6, 6.07) is 6.19. The summed E-state index contributed by atoms with van der Waals surface area (Å²) in [5.41, 5.74) is 3.07. The quantitative estimate of drug-likeness (QED) is 0.872. The number of aromatic nitrogens is 2. The predicted molar refractivity (Wildman–Crippen MR) is 75.0 cm³/mol. The summed E-state index contributed by atoms with van der Waals surface area (Å²) in [5, 5.41) is 9.32. The summed E-state index contributed by atoms with van der Waals surface area (Å²) >= 11 is 0. The second-order valence-corrected chi connectivity index (χ2v) is 5.70. The maximum absolute atomic E-state index is 9.32. The van der Waals surface area contributed by atoms with Crippen molar-refractivity contribution < 1.29 is 5.11 Å². The predicted octanol–water partition coefficient (Wildman–Crippen LogP) is 2.33. The van der Waals surface area contributed by atoms with E-state index in [1.807, 2.05) is 20.0 Å². The number of nitrogens with one attached hydrogen (secondary N) is 1. The first-order valence-corrected chi connectivity index (χ1v) is 6.20. The van der Waals surface area contributed by atoms with Crippen LogP contribution in [0.4, 0.5) is 5.69 Å². The van der Waals surface area contributed by atoms with Gasteiger partial charge in [-0.3, -0.25) is 0 Å². The summed E-state index contributed by atoms with van der Waals surface area (Å²) in [5.74, 6) is 0.931. The van der Waals surface area contributed by atoms with Gasteiger partial charge in [0.15, 0.2) is 0 Å². The van der Waals surface area contributed by atoms with Gasteiger partial charge in [-0.2, -0.15) is 0 Å². The van der Waals surface area contributed by atoms with Crippen LogP contribution in [0.1, 0.15) is 19.7 Å². The molecule has 0 radical (unpaired) electrons. The Labute approximate surface area is 108 Å². The van der Waals surface area contributed by atoms with Gasteiger partial charge in [0, 0.05) is 31.3 Å². The summed E-state index contributed by atoms with van der Waals surface area (Å²) in [6.45, 7) is 7.06. The smallest absolute Gasteiger partial charge is 0.104 e. The molecule has 1 aromatic heterocycles. The lowest BCUT2D eigenvalue weighted by atomic mass is 9.94. The molecule has 2 rings (SSSR count). The number of benzene rings is 1. The van der Waals surface area contributed by atoms with Crippen LogP contribution in [0.15, 0.2) is 18.2 Å². The van der Waals surface area contributed by atoms with Crippen LogP contribution < -0.4 is 4.90 Å². The average Bonchev–Trinajstić information content (AvgIpc) is 2.67. The fraction of sp³-hybridized carbons (Fsp3) is 0.500. The lowest BCUT2D eigenvalue weighted by Gasteiger charge is -2.29. The SMILES string of the molecule is Cc1nc2ccc(N(C)CC(C)(C)CO)cc2[nH]1. The monoisotopic (exact) mass is 247 g/mol. The molecule has 4 heteroatoms. The molecule has 0 aliphatic heterocycles. The molecule has 0 aliphatic carbocycles. The minimum absolute atomic E-state index is 0.104. The minimum atomic E-state index is -0.104. The number of anilines is 1. The molecular formula is C14H21N3O. The van der Waals surface area contributed by atoms with Gasteiger partial charge in [-0.05, 0) is 25.1 Å². The standard InChI is InChI=1S/C14H21N3O/c1-10-15-12-6-5-11(7-13(12)16-10)17(4)8-14(2,3)9-18/h5-7,18H,8-9H2,1-4H3,(H,15,16). The van der Waals surface area contributed by atoms with Crippen LogP contribution in [0.25, 0.3) is 11.0 Å². The van der Waals surface area contributed by atoms with E-state index in [0.717, 1.165) is 29.1 Å². The summed E-state index contributed by atoms with van der Waals surface area (Å²) in [7, 11) is 2.04. The van der Waals surface area contributed by atoms with Crippen molar-refractivity contribution in [3.05, 3.63) is 24.0 Å². The van der Waals surface area contributed by atoms with Crippen molar-refractivity contribution in [2.45, 2.75) is 20.8 Å². The Balaban J connectivity index is 2.25. The average molecular weight is 247 g/mol. The van der Waals surface area contributed by atoms with Crippen molar-refractivity contribution >= 4 is 16.7 Å². The van der Waals surface area contributed by atoms with Crippen molar-refractivity contribution in [3.8, 4) is 0 Å². The molecule has 2 N–H and O–H groups in total. The number of rotatable bonds is 4. The van der Waals surface area contributed by atoms with Crippen LogP contribution >= 0.6 is 0 Å². The third-order valence-electron chi connectivity index (χ3n) is 3.12. The summed E-state index contributed by atoms with van der Waals surface area (Å²) in [4.78, 5) is 9.79. The molecule has 98 valence electrons. The number of fused-ring (bicyclic) bond motifs is 1. The van der Waals surface area contributed by atoms with Crippen molar-refractivity contribution in [2.24, 2.45) is 5.41 Å². The fourth-order valence-electron chi connectivity index (χ4n) is 2.15. The summed E-state index contributed by atoms with van der Waals surface area (Å²) < 4.78 is 0. The van der Waals surface area contributed by atoms with Gasteiger partial charge in [-0.25, -0.2) is 4.98 Å². The van der Waals surface area contributed by atoms with Crippen molar-refractivity contribution in [2.75, 3.05) is 25.1 Å². The first-order valence-electron chi connectivity index (χ1n) is 6.20. The van der Waals surface area contributed by atoms with Gasteiger partial charge in [0.1, 0.15) is 5.82 Å². The van der Waals surface area contributed by atoms with Gasteiger partial charge < -0.3 is 15.0 Å². The van der Waals surface area contributed by atoms with Crippen molar-refractivity contribution in [1.29, 1.82) is 0 Å². The van der Waals surface area contributed by atoms with Crippen LogP contribution in [0.2, 0.25) is 0 Å². The molecule has 0 atom stereocenters. The van der Waals surface area contributed by atoms with Gasteiger partial charge in [-0.1, -0.05) is 13.8 Å². The van der Waals surface area contributed by atoms with E-state index in [1.54, 1.807) is 0 Å². The first-order chi connectivity index (χ1) is 8.41. The zero-order valence-electron chi connectivity index (χ0n) is 11.5. The zero-order chi connectivity index (χ0) is 13.3. The molecule has 0 unspecified atom stereocenters. The van der Waals surface area contributed by atoms with E-state index >= 15 is 0 Å². The van der Waals surface area contributed by atoms with E-state index in [2.05, 4.69) is 40.8 Å². The van der Waals surface area contributed by atoms with E-state index in [0.29, 0.717) is 0 Å². The fourth-order valence-corrected chi connectivity index (χ4v) is 2.15. The van der Waals surface area contributed by atoms with E-state index < -0.39 is 0 Å². The number of nitrogens with zero attached hydrogens (tertiary/aromatic N) is 2. The molecule has 0 bridgehead atoms. The number of hydrogen-bond donors (Lipinski definition) is 2. The molecule has 0 aliphatic rings. The van der Waals surface area contributed by atoms with E-state index in [-0.39, 0.29) is 12.0 Å². The highest BCUT2D eigenvalue weighted by Gasteiger charge is 2.19. The number of aliphatic hydroxyl groups is 1. The largest absolute Gasteiger partial charge is 0.396 e. The highest BCUT2D eigenvalue weighted by Crippen LogP contribution is 2.23. The molecule has 0 saturated heterocycles. The van der Waals surface area contributed by atoms with Gasteiger partial charge >= 0.3 is 0 Å². The maximum atomic E-state index is 9.32. The third-order valence-corrected chi connectivity index (χ3v) is 3.12. The van der Waals surface area contributed by atoms with Crippen LogP contribution in [-0.4, -0.2) is 35.3 Å². The Hall–Kier alpha value is -1.55. The molecule has 0 saturated carbocycles. The molecule has 0 fully saturated rings. The molecule has 1 aromatic carbocycles. The topological polar surface area (TPSA) is 52.1 Å². The van der Waals surface area contributed by atoms with Gasteiger partial charge in [0.2, 0.25) is 0 Å². The molecule has 18 heavy (non-hydrogen) atoms. The van der Waals surface area contributed by atoms with E-state index in [1.165, 1.54) is 0 Å². The molecular weight excluding hydrogens is 226 g/mol. The number of imidazole rings is 1. The van der Waals surface area contributed by atoms with Crippen molar-refractivity contribution in [3.63, 3.8) is 0 Å². The Morgan fingerprint density at radius 2 is 2.11 bits per heavy atom. The Bertz CT molecular complexity index is 545. The molecule has 0 amide bonds. The Kier molecular flexibility index (Phi) is 3.30. The highest BCUT2D eigenvalue weighted by molar-refractivity contribution is 5.79. The highest BCUT2D eigenvalue weighted by atomic mass is 16.3. The zero-order valence-corrected chi connectivity index (χ0v) is 11.5. The second kappa shape index (κ2) is 4.61. The second-order valence-electron chi connectivity index (χ2n) is 5.70.